The molecule has 3 aliphatic heterocycles. The number of nitrogens with zero attached hydrogens (tertiary/aromatic N) is 6. The van der Waals surface area contributed by atoms with E-state index in [1.165, 1.54) is 11.8 Å². The van der Waals surface area contributed by atoms with Crippen molar-refractivity contribution in [3.8, 4) is 0 Å². The first-order valence-corrected chi connectivity index (χ1v) is 18.6. The van der Waals surface area contributed by atoms with Gasteiger partial charge in [-0.1, -0.05) is 41.9 Å². The van der Waals surface area contributed by atoms with Crippen LogP contribution < -0.4 is 26.2 Å². The Morgan fingerprint density at radius 1 is 0.887 bits per heavy atom. The summed E-state index contributed by atoms with van der Waals surface area (Å²) in [6.07, 6.45) is 6.52. The Balaban J connectivity index is 0.859. The Bertz CT molecular complexity index is 1930. The molecule has 3 amide bonds. The third kappa shape index (κ3) is 9.10. The number of halogens is 1. The van der Waals surface area contributed by atoms with Crippen molar-refractivity contribution in [2.24, 2.45) is 5.92 Å². The largest absolute Gasteiger partial charge is 0.357 e. The molecular weight excluding hydrogens is 692 g/mol. The van der Waals surface area contributed by atoms with Gasteiger partial charge in [0.2, 0.25) is 17.8 Å². The highest BCUT2D eigenvalue weighted by atomic mass is 35.5. The van der Waals surface area contributed by atoms with Gasteiger partial charge in [0.1, 0.15) is 10.8 Å². The van der Waals surface area contributed by atoms with E-state index in [4.69, 9.17) is 11.6 Å². The van der Waals surface area contributed by atoms with E-state index in [9.17, 15) is 14.4 Å². The highest BCUT2D eigenvalue weighted by Crippen LogP contribution is 2.29. The molecule has 1 unspecified atom stereocenters. The lowest BCUT2D eigenvalue weighted by Crippen LogP contribution is -2.48. The number of amides is 3. The topological polar surface area (TPSA) is 148 Å². The van der Waals surface area contributed by atoms with Gasteiger partial charge < -0.3 is 25.8 Å². The van der Waals surface area contributed by atoms with E-state index in [0.717, 1.165) is 82.3 Å². The molecule has 0 saturated carbocycles. The molecule has 0 radical (unpaired) electrons. The van der Waals surface area contributed by atoms with Crippen LogP contribution in [0.3, 0.4) is 0 Å². The van der Waals surface area contributed by atoms with E-state index < -0.39 is 0 Å². The summed E-state index contributed by atoms with van der Waals surface area (Å²) in [4.78, 5) is 57.2. The Hall–Kier alpha value is -5.11. The Kier molecular flexibility index (Phi) is 11.4. The summed E-state index contributed by atoms with van der Waals surface area (Å²) in [7, 11) is 1.59. The van der Waals surface area contributed by atoms with Crippen LogP contribution in [0.4, 0.5) is 29.0 Å². The van der Waals surface area contributed by atoms with E-state index in [0.29, 0.717) is 46.8 Å². The molecule has 2 aromatic carbocycles. The lowest BCUT2D eigenvalue weighted by atomic mass is 9.91. The number of pyridine rings is 1. The first-order chi connectivity index (χ1) is 25.8. The van der Waals surface area contributed by atoms with Gasteiger partial charge in [-0.3, -0.25) is 24.6 Å². The van der Waals surface area contributed by atoms with Crippen LogP contribution in [-0.2, 0) is 16.1 Å². The second-order valence-electron chi connectivity index (χ2n) is 13.9. The van der Waals surface area contributed by atoms with E-state index in [1.807, 2.05) is 30.3 Å². The van der Waals surface area contributed by atoms with Crippen molar-refractivity contribution in [3.63, 3.8) is 0 Å². The Morgan fingerprint density at radius 3 is 2.43 bits per heavy atom. The molecule has 276 valence electrons. The summed E-state index contributed by atoms with van der Waals surface area (Å²) in [6, 6.07) is 19.5. The fourth-order valence-corrected chi connectivity index (χ4v) is 7.48. The van der Waals surface area contributed by atoms with Crippen LogP contribution in [0.25, 0.3) is 0 Å². The maximum Gasteiger partial charge on any atom is 0.253 e. The fourth-order valence-electron chi connectivity index (χ4n) is 7.34. The third-order valence-corrected chi connectivity index (χ3v) is 10.6. The molecule has 0 spiro atoms. The van der Waals surface area contributed by atoms with E-state index >= 15 is 0 Å². The van der Waals surface area contributed by atoms with Crippen LogP contribution in [0.1, 0.15) is 53.1 Å². The molecule has 1 atom stereocenters. The molecule has 14 heteroatoms. The second-order valence-corrected chi connectivity index (χ2v) is 14.3. The number of hydrogen-bond acceptors (Lipinski definition) is 11. The number of carbonyl (C=O) groups is 3. The zero-order chi connectivity index (χ0) is 36.7. The average molecular weight is 737 g/mol. The monoisotopic (exact) mass is 736 g/mol. The van der Waals surface area contributed by atoms with Crippen molar-refractivity contribution in [1.82, 2.24) is 35.4 Å². The van der Waals surface area contributed by atoms with Crippen LogP contribution in [0.5, 0.6) is 0 Å². The number of rotatable bonds is 11. The number of para-hydroxylation sites is 1. The van der Waals surface area contributed by atoms with Gasteiger partial charge in [0.25, 0.3) is 5.91 Å². The quantitative estimate of drug-likeness (QED) is 0.156. The molecule has 4 aromatic rings. The van der Waals surface area contributed by atoms with Crippen molar-refractivity contribution in [2.75, 3.05) is 68.4 Å². The van der Waals surface area contributed by atoms with Gasteiger partial charge in [0.15, 0.2) is 5.82 Å². The zero-order valence-electron chi connectivity index (χ0n) is 29.9. The van der Waals surface area contributed by atoms with Crippen LogP contribution in [0, 0.1) is 5.92 Å². The molecule has 53 heavy (non-hydrogen) atoms. The number of hydrogen-bond donors (Lipinski definition) is 4. The predicted octanol–water partition coefficient (Wildman–Crippen LogP) is 4.93. The number of nitrogens with one attached hydrogen (secondary N) is 4. The number of aromatic nitrogens is 3. The number of benzene rings is 2. The van der Waals surface area contributed by atoms with Crippen molar-refractivity contribution in [1.29, 1.82) is 0 Å². The molecule has 5 heterocycles. The summed E-state index contributed by atoms with van der Waals surface area (Å²) in [5.41, 5.74) is 4.04. The number of imide groups is 1. The van der Waals surface area contributed by atoms with Gasteiger partial charge in [0, 0.05) is 77.7 Å². The summed E-state index contributed by atoms with van der Waals surface area (Å²) in [6.45, 7) is 8.09. The van der Waals surface area contributed by atoms with E-state index in [-0.39, 0.29) is 23.6 Å². The molecule has 7 rings (SSSR count). The van der Waals surface area contributed by atoms with E-state index in [1.54, 1.807) is 31.4 Å². The van der Waals surface area contributed by atoms with Crippen LogP contribution in [0.2, 0.25) is 5.02 Å². The first-order valence-electron chi connectivity index (χ1n) is 18.3. The molecular formula is C39H45ClN10O3. The minimum atomic E-state index is -0.302. The predicted molar refractivity (Wildman–Crippen MR) is 206 cm³/mol. The minimum Gasteiger partial charge on any atom is -0.357 e. The summed E-state index contributed by atoms with van der Waals surface area (Å²) < 4.78 is 0. The number of piperazine rings is 1. The van der Waals surface area contributed by atoms with Gasteiger partial charge in [-0.05, 0) is 66.6 Å². The first kappa shape index (κ1) is 36.3. The van der Waals surface area contributed by atoms with Gasteiger partial charge in [-0.25, -0.2) is 9.97 Å². The summed E-state index contributed by atoms with van der Waals surface area (Å²) in [5.74, 6) is 1.48. The molecule has 3 fully saturated rings. The normalized spacial score (nSPS) is 18.8. The summed E-state index contributed by atoms with van der Waals surface area (Å²) in [5, 5.41) is 11.9. The Labute approximate surface area is 314 Å². The van der Waals surface area contributed by atoms with Crippen molar-refractivity contribution in [3.05, 3.63) is 94.8 Å². The van der Waals surface area contributed by atoms with Crippen LogP contribution in [0.15, 0.2) is 73.1 Å². The fraction of sp³-hybridized carbons (Fsp3) is 0.385. The number of piperidine rings is 2. The van der Waals surface area contributed by atoms with Crippen LogP contribution in [-0.4, -0.2) is 95.3 Å². The minimum absolute atomic E-state index is 0.197. The molecule has 13 nitrogen and oxygen atoms in total. The molecule has 3 saturated heterocycles. The van der Waals surface area contributed by atoms with Gasteiger partial charge in [0.05, 0.1) is 23.4 Å². The maximum atomic E-state index is 12.3. The lowest BCUT2D eigenvalue weighted by Gasteiger charge is -2.39. The summed E-state index contributed by atoms with van der Waals surface area (Å²) >= 11 is 6.43. The van der Waals surface area contributed by atoms with Gasteiger partial charge in [-0.15, -0.1) is 0 Å². The third-order valence-electron chi connectivity index (χ3n) is 10.3. The highest BCUT2D eigenvalue weighted by Gasteiger charge is 2.29. The molecule has 2 aromatic heterocycles. The standard InChI is InChI=1S/C39H45ClN10O3/c1-41-37(52)31-7-2-3-8-33(31)45-36-32(40)23-43-39(47-36)44-29-6-4-5-27(21-29)25-49-19-17-48(18-20-49)24-26-13-15-50(16-14-26)34-11-9-28(22-42-34)30-10-12-35(51)46-38(30)53/h2-9,11,21-23,26,30H,10,12-20,24-25H2,1H3,(H,41,52)(H,46,51,53)(H2,43,44,45,47). The van der Waals surface area contributed by atoms with Crippen LogP contribution >= 0.6 is 11.6 Å². The number of carbonyl (C=O) groups excluding carboxylic acids is 3. The Morgan fingerprint density at radius 2 is 1.68 bits per heavy atom. The second kappa shape index (κ2) is 16.7. The van der Waals surface area contributed by atoms with Crippen molar-refractivity contribution < 1.29 is 14.4 Å². The average Bonchev–Trinajstić information content (AvgIpc) is 3.17. The smallest absolute Gasteiger partial charge is 0.253 e. The number of anilines is 5. The highest BCUT2D eigenvalue weighted by molar-refractivity contribution is 6.33. The molecule has 0 aliphatic carbocycles. The van der Waals surface area contributed by atoms with Gasteiger partial charge in [-0.2, -0.15) is 4.98 Å². The van der Waals surface area contributed by atoms with E-state index in [2.05, 4.69) is 63.1 Å². The van der Waals surface area contributed by atoms with Crippen molar-refractivity contribution >= 4 is 58.3 Å². The molecule has 0 bridgehead atoms. The zero-order valence-corrected chi connectivity index (χ0v) is 30.6. The maximum absolute atomic E-state index is 12.3. The van der Waals surface area contributed by atoms with Gasteiger partial charge >= 0.3 is 0 Å². The lowest BCUT2D eigenvalue weighted by molar-refractivity contribution is -0.134. The molecule has 3 aliphatic rings. The SMILES string of the molecule is CNC(=O)c1ccccc1Nc1nc(Nc2cccc(CN3CCN(CC4CCN(c5ccc(C6CCC(=O)NC6=O)cn5)CC4)CC3)c2)ncc1Cl. The molecule has 4 N–H and O–H groups in total. The van der Waals surface area contributed by atoms with Crippen molar-refractivity contribution in [2.45, 2.75) is 38.1 Å².